The van der Waals surface area contributed by atoms with Crippen molar-refractivity contribution in [3.05, 3.63) is 0 Å². The Hall–Kier alpha value is -0.160. The minimum absolute atomic E-state index is 0.220. The molecule has 0 aromatic carbocycles. The van der Waals surface area contributed by atoms with Crippen LogP contribution in [0.3, 0.4) is 0 Å². The van der Waals surface area contributed by atoms with Crippen LogP contribution in [0.15, 0.2) is 0 Å². The van der Waals surface area contributed by atoms with Gasteiger partial charge in [-0.2, -0.15) is 0 Å². The molecule has 0 aromatic heterocycles. The second kappa shape index (κ2) is 4.26. The van der Waals surface area contributed by atoms with Crippen LogP contribution in [0.5, 0.6) is 0 Å². The molecule has 4 heteroatoms. The van der Waals surface area contributed by atoms with E-state index < -0.39 is 11.6 Å². The Bertz CT molecular complexity index is 215. The van der Waals surface area contributed by atoms with E-state index in [0.29, 0.717) is 26.4 Å². The van der Waals surface area contributed by atoms with Crippen molar-refractivity contribution in [3.63, 3.8) is 0 Å². The quantitative estimate of drug-likeness (QED) is 0.740. The summed E-state index contributed by atoms with van der Waals surface area (Å²) in [7, 11) is 0. The average molecular weight is 230 g/mol. The Kier molecular flexibility index (Phi) is 3.27. The van der Waals surface area contributed by atoms with Gasteiger partial charge >= 0.3 is 0 Å². The first-order valence-electron chi connectivity index (χ1n) is 6.04. The standard InChI is InChI=1S/C12H22O4/c1-9(11(3)13-5-6-14-11)10(2)12(4)15-7-8-16-12/h9-10H,5-8H2,1-4H3. The summed E-state index contributed by atoms with van der Waals surface area (Å²) in [6.45, 7) is 11.0. The fraction of sp³-hybridized carbons (Fsp3) is 1.00. The van der Waals surface area contributed by atoms with Gasteiger partial charge in [0.1, 0.15) is 0 Å². The van der Waals surface area contributed by atoms with Crippen LogP contribution in [0.25, 0.3) is 0 Å². The minimum Gasteiger partial charge on any atom is -0.348 e. The molecule has 0 N–H and O–H groups in total. The topological polar surface area (TPSA) is 36.9 Å². The zero-order chi connectivity index (χ0) is 11.8. The van der Waals surface area contributed by atoms with Gasteiger partial charge in [0.15, 0.2) is 11.6 Å². The van der Waals surface area contributed by atoms with Gasteiger partial charge in [-0.3, -0.25) is 0 Å². The molecule has 0 saturated carbocycles. The predicted octanol–water partition coefficient (Wildman–Crippen LogP) is 1.78. The molecule has 2 heterocycles. The first-order chi connectivity index (χ1) is 7.48. The van der Waals surface area contributed by atoms with Crippen LogP contribution in [0.4, 0.5) is 0 Å². The zero-order valence-electron chi connectivity index (χ0n) is 10.6. The summed E-state index contributed by atoms with van der Waals surface area (Å²) < 4.78 is 22.8. The van der Waals surface area contributed by atoms with Gasteiger partial charge in [0, 0.05) is 11.8 Å². The lowest BCUT2D eigenvalue weighted by Gasteiger charge is -2.40. The highest BCUT2D eigenvalue weighted by atomic mass is 16.7. The lowest BCUT2D eigenvalue weighted by Crippen LogP contribution is -2.47. The summed E-state index contributed by atoms with van der Waals surface area (Å²) in [5, 5.41) is 0. The first kappa shape index (κ1) is 12.3. The lowest BCUT2D eigenvalue weighted by atomic mass is 9.83. The van der Waals surface area contributed by atoms with Crippen molar-refractivity contribution < 1.29 is 18.9 Å². The number of hydrogen-bond acceptors (Lipinski definition) is 4. The van der Waals surface area contributed by atoms with Crippen LogP contribution in [0.1, 0.15) is 27.7 Å². The number of ether oxygens (including phenoxy) is 4. The van der Waals surface area contributed by atoms with E-state index in [0.717, 1.165) is 0 Å². The van der Waals surface area contributed by atoms with Crippen molar-refractivity contribution in [2.75, 3.05) is 26.4 Å². The van der Waals surface area contributed by atoms with Crippen molar-refractivity contribution in [1.82, 2.24) is 0 Å². The van der Waals surface area contributed by atoms with Gasteiger partial charge < -0.3 is 18.9 Å². The van der Waals surface area contributed by atoms with Crippen molar-refractivity contribution in [2.45, 2.75) is 39.3 Å². The molecule has 0 amide bonds. The molecule has 2 aliphatic heterocycles. The maximum Gasteiger partial charge on any atom is 0.168 e. The van der Waals surface area contributed by atoms with E-state index in [1.54, 1.807) is 0 Å². The molecule has 0 aliphatic carbocycles. The summed E-state index contributed by atoms with van der Waals surface area (Å²) in [4.78, 5) is 0. The molecule has 94 valence electrons. The molecule has 2 aliphatic rings. The maximum atomic E-state index is 5.69. The fourth-order valence-electron chi connectivity index (χ4n) is 2.49. The molecule has 0 radical (unpaired) electrons. The van der Waals surface area contributed by atoms with Crippen LogP contribution in [-0.4, -0.2) is 38.0 Å². The number of hydrogen-bond donors (Lipinski definition) is 0. The van der Waals surface area contributed by atoms with E-state index in [2.05, 4.69) is 13.8 Å². The molecule has 0 bridgehead atoms. The summed E-state index contributed by atoms with van der Waals surface area (Å²) in [5.74, 6) is -0.564. The van der Waals surface area contributed by atoms with Crippen LogP contribution >= 0.6 is 0 Å². The SMILES string of the molecule is CC(C(C)C1(C)OCCO1)C1(C)OCCO1. The highest BCUT2D eigenvalue weighted by Gasteiger charge is 2.48. The molecular formula is C12H22O4. The summed E-state index contributed by atoms with van der Waals surface area (Å²) in [6.07, 6.45) is 0. The maximum absolute atomic E-state index is 5.69. The molecule has 2 fully saturated rings. The van der Waals surface area contributed by atoms with Crippen molar-refractivity contribution in [2.24, 2.45) is 11.8 Å². The third kappa shape index (κ3) is 1.99. The summed E-state index contributed by atoms with van der Waals surface area (Å²) >= 11 is 0. The second-order valence-corrected chi connectivity index (χ2v) is 5.00. The van der Waals surface area contributed by atoms with E-state index >= 15 is 0 Å². The van der Waals surface area contributed by atoms with Gasteiger partial charge in [-0.1, -0.05) is 13.8 Å². The van der Waals surface area contributed by atoms with Crippen molar-refractivity contribution in [3.8, 4) is 0 Å². The Morgan fingerprint density at radius 1 is 0.688 bits per heavy atom. The van der Waals surface area contributed by atoms with Gasteiger partial charge in [0.05, 0.1) is 26.4 Å². The second-order valence-electron chi connectivity index (χ2n) is 5.00. The molecule has 4 nitrogen and oxygen atoms in total. The summed E-state index contributed by atoms with van der Waals surface area (Å²) in [5.41, 5.74) is 0. The molecule has 2 saturated heterocycles. The van der Waals surface area contributed by atoms with Gasteiger partial charge in [-0.05, 0) is 13.8 Å². The lowest BCUT2D eigenvalue weighted by molar-refractivity contribution is -0.244. The fourth-order valence-corrected chi connectivity index (χ4v) is 2.49. The zero-order valence-corrected chi connectivity index (χ0v) is 10.6. The Morgan fingerprint density at radius 2 is 0.938 bits per heavy atom. The minimum atomic E-state index is -0.502. The Morgan fingerprint density at radius 3 is 1.19 bits per heavy atom. The van der Waals surface area contributed by atoms with Crippen LogP contribution in [-0.2, 0) is 18.9 Å². The molecule has 2 atom stereocenters. The molecule has 16 heavy (non-hydrogen) atoms. The molecule has 2 unspecified atom stereocenters. The van der Waals surface area contributed by atoms with Crippen LogP contribution < -0.4 is 0 Å². The highest BCUT2D eigenvalue weighted by Crippen LogP contribution is 2.40. The third-order valence-corrected chi connectivity index (χ3v) is 4.13. The average Bonchev–Trinajstić information content (AvgIpc) is 2.87. The smallest absolute Gasteiger partial charge is 0.168 e. The van der Waals surface area contributed by atoms with Crippen molar-refractivity contribution >= 4 is 0 Å². The van der Waals surface area contributed by atoms with E-state index in [1.807, 2.05) is 13.8 Å². The Balaban J connectivity index is 2.05. The molecule has 0 spiro atoms. The van der Waals surface area contributed by atoms with Gasteiger partial charge in [-0.15, -0.1) is 0 Å². The van der Waals surface area contributed by atoms with E-state index in [9.17, 15) is 0 Å². The summed E-state index contributed by atoms with van der Waals surface area (Å²) in [6, 6.07) is 0. The van der Waals surface area contributed by atoms with Gasteiger partial charge in [0.2, 0.25) is 0 Å². The van der Waals surface area contributed by atoms with Crippen LogP contribution in [0.2, 0.25) is 0 Å². The van der Waals surface area contributed by atoms with Crippen LogP contribution in [0, 0.1) is 11.8 Å². The van der Waals surface area contributed by atoms with E-state index in [-0.39, 0.29) is 11.8 Å². The van der Waals surface area contributed by atoms with Gasteiger partial charge in [-0.25, -0.2) is 0 Å². The van der Waals surface area contributed by atoms with Crippen molar-refractivity contribution in [1.29, 1.82) is 0 Å². The molecule has 0 aromatic rings. The van der Waals surface area contributed by atoms with Gasteiger partial charge in [0.25, 0.3) is 0 Å². The third-order valence-electron chi connectivity index (χ3n) is 4.13. The monoisotopic (exact) mass is 230 g/mol. The highest BCUT2D eigenvalue weighted by molar-refractivity contribution is 4.87. The molecular weight excluding hydrogens is 208 g/mol. The Labute approximate surface area is 97.2 Å². The predicted molar refractivity (Wildman–Crippen MR) is 58.9 cm³/mol. The first-order valence-corrected chi connectivity index (χ1v) is 6.04. The number of rotatable bonds is 3. The largest absolute Gasteiger partial charge is 0.348 e. The van der Waals surface area contributed by atoms with E-state index in [1.165, 1.54) is 0 Å². The van der Waals surface area contributed by atoms with E-state index in [4.69, 9.17) is 18.9 Å². The normalized spacial score (nSPS) is 31.5. The molecule has 2 rings (SSSR count).